The van der Waals surface area contributed by atoms with Crippen molar-refractivity contribution in [3.63, 3.8) is 0 Å². The topological polar surface area (TPSA) is 173 Å². The van der Waals surface area contributed by atoms with E-state index in [9.17, 15) is 14.7 Å². The molecule has 0 saturated heterocycles. The van der Waals surface area contributed by atoms with Gasteiger partial charge in [-0.15, -0.1) is 0 Å². The minimum Gasteiger partial charge on any atom is -0.493 e. The summed E-state index contributed by atoms with van der Waals surface area (Å²) in [7, 11) is 2.79. The molecular formula is C33H34BrN5O8. The van der Waals surface area contributed by atoms with Crippen molar-refractivity contribution >= 4 is 34.1 Å². The molecule has 0 bridgehead atoms. The smallest absolute Gasteiger partial charge is 0.337 e. The van der Waals surface area contributed by atoms with E-state index in [1.807, 2.05) is 12.1 Å². The third-order valence-electron chi connectivity index (χ3n) is 6.83. The summed E-state index contributed by atoms with van der Waals surface area (Å²) >= 11 is 3.52. The largest absolute Gasteiger partial charge is 0.493 e. The van der Waals surface area contributed by atoms with Crippen LogP contribution < -0.4 is 35.0 Å². The van der Waals surface area contributed by atoms with E-state index in [2.05, 4.69) is 43.2 Å². The molecule has 3 aromatic carbocycles. The Labute approximate surface area is 280 Å². The lowest BCUT2D eigenvalue weighted by atomic mass is 9.95. The lowest BCUT2D eigenvalue weighted by molar-refractivity contribution is -0.136. The molecule has 246 valence electrons. The summed E-state index contributed by atoms with van der Waals surface area (Å²) in [6.45, 7) is 3.84. The van der Waals surface area contributed by atoms with Crippen LogP contribution in [0.4, 0.5) is 4.79 Å². The zero-order valence-corrected chi connectivity index (χ0v) is 27.7. The molecule has 2 atom stereocenters. The number of nitrogens with zero attached hydrogens (tertiary/aromatic N) is 2. The number of hydrazone groups is 1. The van der Waals surface area contributed by atoms with Crippen molar-refractivity contribution in [1.82, 2.24) is 16.1 Å². The SMILES string of the molecule is CCOc1cc([C@H]2NC(=O)NC(C)=C2C(=O)OC)ccc1OC[C@@H](O)N/N=C/c1cc(Br)c(OCc2ccc(C#N)cc2)c(OC)c1. The lowest BCUT2D eigenvalue weighted by Gasteiger charge is -2.28. The van der Waals surface area contributed by atoms with E-state index in [4.69, 9.17) is 28.9 Å². The average molecular weight is 709 g/mol. The number of nitriles is 1. The second-order valence-corrected chi connectivity index (χ2v) is 10.9. The zero-order valence-electron chi connectivity index (χ0n) is 26.1. The van der Waals surface area contributed by atoms with Crippen molar-refractivity contribution in [3.05, 3.63) is 92.6 Å². The Balaban J connectivity index is 1.38. The zero-order chi connectivity index (χ0) is 33.9. The molecule has 4 N–H and O–H groups in total. The molecule has 0 saturated carbocycles. The predicted octanol–water partition coefficient (Wildman–Crippen LogP) is 4.43. The summed E-state index contributed by atoms with van der Waals surface area (Å²) in [4.78, 5) is 24.6. The minimum absolute atomic E-state index is 0.178. The molecule has 14 heteroatoms. The van der Waals surface area contributed by atoms with Gasteiger partial charge in [0.1, 0.15) is 13.2 Å². The second-order valence-electron chi connectivity index (χ2n) is 10.0. The van der Waals surface area contributed by atoms with Crippen LogP contribution in [0.5, 0.6) is 23.0 Å². The van der Waals surface area contributed by atoms with Gasteiger partial charge in [-0.05, 0) is 82.9 Å². The standard InChI is InChI=1S/C33H34BrN5O8/c1-5-45-26-14-23(30-29(32(41)44-4)19(2)37-33(42)38-30)10-11-25(26)46-18-28(40)39-36-16-22-12-24(34)31(27(13-22)43-3)47-17-21-8-6-20(15-35)7-9-21/h6-14,16,28,30,39-40H,5,17-18H2,1-4H3,(H2,37,38,42)/b36-16+/t28-,30-/m1/s1. The van der Waals surface area contributed by atoms with Crippen LogP contribution in [0.2, 0.25) is 0 Å². The van der Waals surface area contributed by atoms with Gasteiger partial charge in [-0.25, -0.2) is 9.59 Å². The van der Waals surface area contributed by atoms with Gasteiger partial charge in [0.2, 0.25) is 0 Å². The molecule has 0 fully saturated rings. The van der Waals surface area contributed by atoms with E-state index >= 15 is 0 Å². The first-order valence-electron chi connectivity index (χ1n) is 14.4. The molecule has 2 amide bonds. The van der Waals surface area contributed by atoms with Gasteiger partial charge in [0.25, 0.3) is 0 Å². The molecule has 4 rings (SSSR count). The van der Waals surface area contributed by atoms with Gasteiger partial charge in [-0.2, -0.15) is 10.4 Å². The maximum atomic E-state index is 12.5. The molecule has 0 unspecified atom stereocenters. The van der Waals surface area contributed by atoms with Crippen LogP contribution in [-0.2, 0) is 16.1 Å². The van der Waals surface area contributed by atoms with Crippen molar-refractivity contribution in [2.45, 2.75) is 32.7 Å². The van der Waals surface area contributed by atoms with Crippen LogP contribution in [0, 0.1) is 11.3 Å². The van der Waals surface area contributed by atoms with Crippen molar-refractivity contribution < 1.29 is 38.4 Å². The first kappa shape index (κ1) is 34.6. The quantitative estimate of drug-likeness (QED) is 0.0813. The second kappa shape index (κ2) is 16.3. The van der Waals surface area contributed by atoms with Gasteiger partial charge >= 0.3 is 12.0 Å². The molecule has 47 heavy (non-hydrogen) atoms. The van der Waals surface area contributed by atoms with Gasteiger partial charge in [0, 0.05) is 5.70 Å². The Morgan fingerprint density at radius 3 is 2.55 bits per heavy atom. The molecule has 3 aromatic rings. The highest BCUT2D eigenvalue weighted by atomic mass is 79.9. The Bertz CT molecular complexity index is 1700. The molecule has 0 aliphatic carbocycles. The normalized spacial score (nSPS) is 14.8. The number of aliphatic hydroxyl groups is 1. The van der Waals surface area contributed by atoms with Gasteiger partial charge in [0.05, 0.1) is 54.8 Å². The highest BCUT2D eigenvalue weighted by Gasteiger charge is 2.32. The van der Waals surface area contributed by atoms with E-state index in [0.717, 1.165) is 5.56 Å². The van der Waals surface area contributed by atoms with Crippen molar-refractivity contribution in [2.24, 2.45) is 5.10 Å². The Morgan fingerprint density at radius 2 is 1.87 bits per heavy atom. The number of benzene rings is 3. The van der Waals surface area contributed by atoms with Gasteiger partial charge in [-0.3, -0.25) is 5.43 Å². The van der Waals surface area contributed by atoms with Crippen LogP contribution in [0.3, 0.4) is 0 Å². The molecule has 1 heterocycles. The van der Waals surface area contributed by atoms with E-state index in [-0.39, 0.29) is 18.8 Å². The third kappa shape index (κ3) is 8.93. The Hall–Kier alpha value is -5.26. The van der Waals surface area contributed by atoms with E-state index in [1.54, 1.807) is 56.3 Å². The number of urea groups is 1. The molecule has 0 spiro atoms. The first-order valence-corrected chi connectivity index (χ1v) is 15.2. The van der Waals surface area contributed by atoms with Crippen LogP contribution >= 0.6 is 15.9 Å². The highest BCUT2D eigenvalue weighted by Crippen LogP contribution is 2.37. The fraction of sp³-hybridized carbons (Fsp3) is 0.273. The number of aliphatic hydroxyl groups excluding tert-OH is 1. The number of allylic oxidation sites excluding steroid dienone is 1. The number of rotatable bonds is 14. The van der Waals surface area contributed by atoms with Crippen molar-refractivity contribution in [1.29, 1.82) is 5.26 Å². The number of ether oxygens (including phenoxy) is 5. The average Bonchev–Trinajstić information content (AvgIpc) is 3.06. The number of hydrogen-bond donors (Lipinski definition) is 4. The van der Waals surface area contributed by atoms with Crippen LogP contribution in [0.25, 0.3) is 0 Å². The summed E-state index contributed by atoms with van der Waals surface area (Å²) in [5.41, 5.74) is 5.96. The summed E-state index contributed by atoms with van der Waals surface area (Å²) < 4.78 is 28.6. The van der Waals surface area contributed by atoms with E-state index in [1.165, 1.54) is 20.4 Å². The molecule has 1 aliphatic heterocycles. The van der Waals surface area contributed by atoms with Crippen LogP contribution in [-0.4, -0.2) is 57.0 Å². The molecule has 1 aliphatic rings. The van der Waals surface area contributed by atoms with Crippen LogP contribution in [0.1, 0.15) is 42.1 Å². The number of hydrogen-bond acceptors (Lipinski definition) is 11. The number of halogens is 1. The van der Waals surface area contributed by atoms with Gasteiger partial charge in [0.15, 0.2) is 29.2 Å². The molecule has 0 aromatic heterocycles. The number of carbonyl (C=O) groups is 2. The Morgan fingerprint density at radius 1 is 1.11 bits per heavy atom. The Kier molecular flexibility index (Phi) is 12.0. The fourth-order valence-electron chi connectivity index (χ4n) is 4.61. The van der Waals surface area contributed by atoms with Crippen molar-refractivity contribution in [2.75, 3.05) is 27.4 Å². The monoisotopic (exact) mass is 707 g/mol. The van der Waals surface area contributed by atoms with Crippen LogP contribution in [0.15, 0.2) is 75.4 Å². The maximum Gasteiger partial charge on any atom is 0.337 e. The van der Waals surface area contributed by atoms with E-state index < -0.39 is 24.3 Å². The number of amides is 2. The maximum absolute atomic E-state index is 12.5. The highest BCUT2D eigenvalue weighted by molar-refractivity contribution is 9.10. The molecule has 13 nitrogen and oxygen atoms in total. The molecule has 0 radical (unpaired) electrons. The fourth-order valence-corrected chi connectivity index (χ4v) is 5.18. The summed E-state index contributed by atoms with van der Waals surface area (Å²) in [6.07, 6.45) is 0.323. The third-order valence-corrected chi connectivity index (χ3v) is 7.42. The molecular weight excluding hydrogens is 674 g/mol. The first-order chi connectivity index (χ1) is 22.7. The predicted molar refractivity (Wildman–Crippen MR) is 175 cm³/mol. The number of nitrogens with one attached hydrogen (secondary N) is 3. The summed E-state index contributed by atoms with van der Waals surface area (Å²) in [6, 6.07) is 16.5. The van der Waals surface area contributed by atoms with E-state index in [0.29, 0.717) is 56.5 Å². The number of methoxy groups -OCH3 is 2. The van der Waals surface area contributed by atoms with Gasteiger partial charge in [-0.1, -0.05) is 18.2 Å². The minimum atomic E-state index is -1.18. The van der Waals surface area contributed by atoms with Crippen molar-refractivity contribution in [3.8, 4) is 29.1 Å². The van der Waals surface area contributed by atoms with Gasteiger partial charge < -0.3 is 39.4 Å². The number of esters is 1. The lowest BCUT2D eigenvalue weighted by Crippen LogP contribution is -2.45. The summed E-state index contributed by atoms with van der Waals surface area (Å²) in [5.74, 6) is 1.09. The number of carbonyl (C=O) groups excluding carboxylic acids is 2. The summed E-state index contributed by atoms with van der Waals surface area (Å²) in [5, 5.41) is 28.9.